The number of carbonyl (C=O) groups excluding carboxylic acids is 2. The number of nitrogens with one attached hydrogen (secondary N) is 1. The van der Waals surface area contributed by atoms with Crippen LogP contribution in [0.5, 0.6) is 0 Å². The zero-order chi connectivity index (χ0) is 20.9. The Morgan fingerprint density at radius 3 is 2.90 bits per heavy atom. The lowest BCUT2D eigenvalue weighted by molar-refractivity contribution is -0.142. The van der Waals surface area contributed by atoms with Crippen molar-refractivity contribution < 1.29 is 18.7 Å². The standard InChI is InChI=1S/C22H23FN4O3/c1-26(9-7-15-10-24-25-11-15)20(28)18-17-6-8-22(30-17)13-27(21(29)19(18)22)12-14-2-4-16(23)5-3-14/h2-6,8,10-11,17-19H,7,9,12-13H2,1H3,(H,24,25)/t17-,18-,19+,22-/m0/s1. The molecule has 0 unspecified atom stereocenters. The van der Waals surface area contributed by atoms with Gasteiger partial charge in [-0.3, -0.25) is 14.7 Å². The van der Waals surface area contributed by atoms with E-state index in [0.717, 1.165) is 11.1 Å². The summed E-state index contributed by atoms with van der Waals surface area (Å²) in [6, 6.07) is 6.13. The number of halogens is 1. The lowest BCUT2D eigenvalue weighted by Gasteiger charge is -2.27. The van der Waals surface area contributed by atoms with Gasteiger partial charge in [0.15, 0.2) is 0 Å². The molecule has 1 spiro atoms. The molecule has 0 aliphatic carbocycles. The fourth-order valence-corrected chi connectivity index (χ4v) is 4.88. The molecule has 30 heavy (non-hydrogen) atoms. The summed E-state index contributed by atoms with van der Waals surface area (Å²) in [7, 11) is 1.76. The van der Waals surface area contributed by atoms with E-state index in [-0.39, 0.29) is 23.7 Å². The van der Waals surface area contributed by atoms with E-state index in [4.69, 9.17) is 4.74 Å². The maximum absolute atomic E-state index is 13.3. The van der Waals surface area contributed by atoms with Crippen LogP contribution < -0.4 is 0 Å². The van der Waals surface area contributed by atoms with E-state index in [1.165, 1.54) is 12.1 Å². The average Bonchev–Trinajstić information content (AvgIpc) is 3.50. The molecule has 4 heterocycles. The molecular weight excluding hydrogens is 387 g/mol. The number of aromatic amines is 1. The molecule has 2 aromatic rings. The summed E-state index contributed by atoms with van der Waals surface area (Å²) < 4.78 is 19.4. The molecule has 1 aromatic heterocycles. The minimum atomic E-state index is -0.743. The summed E-state index contributed by atoms with van der Waals surface area (Å²) in [5.41, 5.74) is 1.13. The first-order valence-corrected chi connectivity index (χ1v) is 10.1. The van der Waals surface area contributed by atoms with E-state index in [0.29, 0.717) is 26.1 Å². The Morgan fingerprint density at radius 1 is 1.37 bits per heavy atom. The number of fused-ring (bicyclic) bond motifs is 1. The number of benzene rings is 1. The van der Waals surface area contributed by atoms with Crippen LogP contribution in [0.2, 0.25) is 0 Å². The maximum atomic E-state index is 13.3. The number of rotatable bonds is 6. The number of ether oxygens (including phenoxy) is 1. The Labute approximate surface area is 173 Å². The number of likely N-dealkylation sites (N-methyl/N-ethyl adjacent to an activating group) is 1. The van der Waals surface area contributed by atoms with Gasteiger partial charge in [-0.05, 0) is 29.7 Å². The third-order valence-corrected chi connectivity index (χ3v) is 6.42. The third-order valence-electron chi connectivity index (χ3n) is 6.42. The van der Waals surface area contributed by atoms with Crippen molar-refractivity contribution in [3.05, 3.63) is 65.8 Å². The predicted octanol–water partition coefficient (Wildman–Crippen LogP) is 1.53. The second kappa shape index (κ2) is 7.05. The van der Waals surface area contributed by atoms with Crippen LogP contribution in [0, 0.1) is 17.7 Å². The number of hydrogen-bond acceptors (Lipinski definition) is 4. The van der Waals surface area contributed by atoms with Crippen molar-refractivity contribution in [2.45, 2.75) is 24.7 Å². The monoisotopic (exact) mass is 410 g/mol. The molecule has 1 N–H and O–H groups in total. The van der Waals surface area contributed by atoms with Gasteiger partial charge in [0.05, 0.1) is 30.7 Å². The van der Waals surface area contributed by atoms with E-state index in [2.05, 4.69) is 10.2 Å². The Kier molecular flexibility index (Phi) is 4.47. The predicted molar refractivity (Wildman–Crippen MR) is 105 cm³/mol. The van der Waals surface area contributed by atoms with Crippen LogP contribution in [0.15, 0.2) is 48.8 Å². The van der Waals surface area contributed by atoms with Gasteiger partial charge in [0, 0.05) is 26.3 Å². The van der Waals surface area contributed by atoms with Gasteiger partial charge in [0.1, 0.15) is 11.4 Å². The minimum Gasteiger partial charge on any atom is -0.360 e. The SMILES string of the molecule is CN(CCc1cn[nH]c1)C(=O)[C@H]1[C@@H]2C=C[C@@]3(CN(Cc4ccc(F)cc4)C(=O)[C@@H]13)O2. The zero-order valence-corrected chi connectivity index (χ0v) is 16.6. The number of nitrogens with zero attached hydrogens (tertiary/aromatic N) is 3. The topological polar surface area (TPSA) is 78.5 Å². The molecule has 3 aliphatic heterocycles. The molecule has 2 fully saturated rings. The molecule has 3 aliphatic rings. The summed E-state index contributed by atoms with van der Waals surface area (Å²) in [4.78, 5) is 29.9. The summed E-state index contributed by atoms with van der Waals surface area (Å²) in [5, 5.41) is 6.69. The zero-order valence-electron chi connectivity index (χ0n) is 16.6. The van der Waals surface area contributed by atoms with Crippen molar-refractivity contribution in [3.8, 4) is 0 Å². The fraction of sp³-hybridized carbons (Fsp3) is 0.409. The van der Waals surface area contributed by atoms with Crippen LogP contribution in [0.3, 0.4) is 0 Å². The van der Waals surface area contributed by atoms with Crippen LogP contribution >= 0.6 is 0 Å². The molecule has 1 aromatic carbocycles. The number of hydrogen-bond donors (Lipinski definition) is 1. The second-order valence-corrected chi connectivity index (χ2v) is 8.34. The number of H-pyrrole nitrogens is 1. The number of amides is 2. The molecule has 4 atom stereocenters. The van der Waals surface area contributed by atoms with Gasteiger partial charge in [-0.1, -0.05) is 24.3 Å². The van der Waals surface area contributed by atoms with E-state index in [1.807, 2.05) is 18.3 Å². The van der Waals surface area contributed by atoms with Crippen LogP contribution in [0.4, 0.5) is 4.39 Å². The highest BCUT2D eigenvalue weighted by Crippen LogP contribution is 2.52. The van der Waals surface area contributed by atoms with Gasteiger partial charge in [-0.2, -0.15) is 5.10 Å². The van der Waals surface area contributed by atoms with Crippen molar-refractivity contribution in [2.24, 2.45) is 11.8 Å². The van der Waals surface area contributed by atoms with Gasteiger partial charge < -0.3 is 14.5 Å². The van der Waals surface area contributed by atoms with Crippen LogP contribution in [0.1, 0.15) is 11.1 Å². The Hall–Kier alpha value is -3.00. The first-order valence-electron chi connectivity index (χ1n) is 10.1. The third kappa shape index (κ3) is 3.02. The summed E-state index contributed by atoms with van der Waals surface area (Å²) >= 11 is 0. The molecule has 0 saturated carbocycles. The molecule has 2 amide bonds. The first-order chi connectivity index (χ1) is 14.5. The van der Waals surface area contributed by atoms with E-state index in [9.17, 15) is 14.0 Å². The highest BCUT2D eigenvalue weighted by atomic mass is 19.1. The normalized spacial score (nSPS) is 28.9. The van der Waals surface area contributed by atoms with Crippen molar-refractivity contribution in [3.63, 3.8) is 0 Å². The Balaban J connectivity index is 1.31. The smallest absolute Gasteiger partial charge is 0.230 e. The second-order valence-electron chi connectivity index (χ2n) is 8.34. The Bertz CT molecular complexity index is 990. The van der Waals surface area contributed by atoms with Gasteiger partial charge in [0.25, 0.3) is 0 Å². The van der Waals surface area contributed by atoms with Crippen molar-refractivity contribution in [1.29, 1.82) is 0 Å². The molecule has 8 heteroatoms. The number of carbonyl (C=O) groups is 2. The van der Waals surface area contributed by atoms with E-state index >= 15 is 0 Å². The van der Waals surface area contributed by atoms with Gasteiger partial charge in [0.2, 0.25) is 11.8 Å². The molecule has 0 radical (unpaired) electrons. The van der Waals surface area contributed by atoms with Crippen LogP contribution in [-0.4, -0.2) is 63.7 Å². The number of likely N-dealkylation sites (tertiary alicyclic amines) is 1. The van der Waals surface area contributed by atoms with Crippen molar-refractivity contribution >= 4 is 11.8 Å². The highest BCUT2D eigenvalue weighted by Gasteiger charge is 2.67. The van der Waals surface area contributed by atoms with Crippen LogP contribution in [0.25, 0.3) is 0 Å². The van der Waals surface area contributed by atoms with E-state index < -0.39 is 17.4 Å². The van der Waals surface area contributed by atoms with Crippen LogP contribution in [-0.2, 0) is 27.3 Å². The molecular formula is C22H23FN4O3. The Morgan fingerprint density at radius 2 is 2.17 bits per heavy atom. The summed E-state index contributed by atoms with van der Waals surface area (Å²) in [6.45, 7) is 1.32. The molecule has 156 valence electrons. The van der Waals surface area contributed by atoms with Crippen molar-refractivity contribution in [2.75, 3.05) is 20.1 Å². The lowest BCUT2D eigenvalue weighted by Crippen LogP contribution is -2.45. The molecule has 7 nitrogen and oxygen atoms in total. The fourth-order valence-electron chi connectivity index (χ4n) is 4.88. The molecule has 2 saturated heterocycles. The minimum absolute atomic E-state index is 0.0725. The average molecular weight is 410 g/mol. The quantitative estimate of drug-likeness (QED) is 0.733. The summed E-state index contributed by atoms with van der Waals surface area (Å²) in [5.74, 6) is -1.49. The maximum Gasteiger partial charge on any atom is 0.230 e. The van der Waals surface area contributed by atoms with E-state index in [1.54, 1.807) is 35.2 Å². The van der Waals surface area contributed by atoms with Gasteiger partial charge >= 0.3 is 0 Å². The molecule has 2 bridgehead atoms. The highest BCUT2D eigenvalue weighted by molar-refractivity contribution is 5.93. The largest absolute Gasteiger partial charge is 0.360 e. The lowest BCUT2D eigenvalue weighted by atomic mass is 9.76. The van der Waals surface area contributed by atoms with Crippen molar-refractivity contribution in [1.82, 2.24) is 20.0 Å². The molecule has 5 rings (SSSR count). The van der Waals surface area contributed by atoms with Gasteiger partial charge in [-0.25, -0.2) is 4.39 Å². The number of aromatic nitrogens is 2. The summed E-state index contributed by atoms with van der Waals surface area (Å²) in [6.07, 6.45) is 7.73. The first kappa shape index (κ1) is 19.0. The van der Waals surface area contributed by atoms with Gasteiger partial charge in [-0.15, -0.1) is 0 Å².